The second kappa shape index (κ2) is 15.1. The highest BCUT2D eigenvalue weighted by Gasteiger charge is 2.30. The fraction of sp³-hybridized carbons (Fsp3) is 0.548. The molecule has 1 atom stereocenters. The zero-order valence-electron chi connectivity index (χ0n) is 24.4. The van der Waals surface area contributed by atoms with E-state index in [0.29, 0.717) is 37.4 Å². The Kier molecular flexibility index (Phi) is 11.9. The molecule has 0 bridgehead atoms. The summed E-state index contributed by atoms with van der Waals surface area (Å²) in [4.78, 5) is 28.7. The van der Waals surface area contributed by atoms with Crippen LogP contribution >= 0.6 is 0 Å². The van der Waals surface area contributed by atoms with E-state index in [9.17, 15) is 18.0 Å². The highest BCUT2D eigenvalue weighted by Crippen LogP contribution is 2.23. The smallest absolute Gasteiger partial charge is 0.243 e. The van der Waals surface area contributed by atoms with Gasteiger partial charge in [-0.15, -0.1) is 0 Å². The van der Waals surface area contributed by atoms with Crippen LogP contribution in [-0.4, -0.2) is 56.6 Å². The molecule has 2 amide bonds. The second-order valence-corrected chi connectivity index (χ2v) is 12.5. The Balaban J connectivity index is 1.73. The summed E-state index contributed by atoms with van der Waals surface area (Å²) in [6.07, 6.45) is 7.48. The van der Waals surface area contributed by atoms with E-state index in [-0.39, 0.29) is 30.8 Å². The van der Waals surface area contributed by atoms with Crippen molar-refractivity contribution in [1.82, 2.24) is 10.2 Å². The minimum atomic E-state index is -3.56. The van der Waals surface area contributed by atoms with Crippen molar-refractivity contribution < 1.29 is 22.7 Å². The summed E-state index contributed by atoms with van der Waals surface area (Å²) < 4.78 is 32.0. The largest absolute Gasteiger partial charge is 0.494 e. The number of hydrogen-bond donors (Lipinski definition) is 1. The van der Waals surface area contributed by atoms with Crippen molar-refractivity contribution in [2.45, 2.75) is 90.8 Å². The van der Waals surface area contributed by atoms with Gasteiger partial charge in [0, 0.05) is 25.6 Å². The average molecular weight is 572 g/mol. The molecule has 0 radical (unpaired) electrons. The van der Waals surface area contributed by atoms with Crippen LogP contribution in [0.1, 0.15) is 76.3 Å². The Bertz CT molecular complexity index is 1190. The van der Waals surface area contributed by atoms with Gasteiger partial charge in [0.1, 0.15) is 11.8 Å². The quantitative estimate of drug-likeness (QED) is 0.336. The summed E-state index contributed by atoms with van der Waals surface area (Å²) in [5, 5.41) is 3.20. The number of sulfonamides is 1. The Morgan fingerprint density at radius 3 is 2.23 bits per heavy atom. The highest BCUT2D eigenvalue weighted by atomic mass is 32.2. The van der Waals surface area contributed by atoms with Crippen LogP contribution in [0, 0.1) is 6.92 Å². The molecule has 3 rings (SSSR count). The van der Waals surface area contributed by atoms with Crippen molar-refractivity contribution in [3.8, 4) is 5.75 Å². The third-order valence-electron chi connectivity index (χ3n) is 7.40. The number of ether oxygens (including phenoxy) is 1. The average Bonchev–Trinajstić information content (AvgIpc) is 2.92. The third-order valence-corrected chi connectivity index (χ3v) is 8.59. The summed E-state index contributed by atoms with van der Waals surface area (Å²) >= 11 is 0. The highest BCUT2D eigenvalue weighted by molar-refractivity contribution is 7.92. The number of amides is 2. The molecule has 1 N–H and O–H groups in total. The minimum Gasteiger partial charge on any atom is -0.494 e. The number of hydrogen-bond acceptors (Lipinski definition) is 5. The molecule has 2 aromatic rings. The monoisotopic (exact) mass is 571 g/mol. The normalized spacial score (nSPS) is 14.8. The van der Waals surface area contributed by atoms with Gasteiger partial charge in [-0.2, -0.15) is 0 Å². The minimum absolute atomic E-state index is 0.109. The lowest BCUT2D eigenvalue weighted by molar-refractivity contribution is -0.141. The number of nitrogens with one attached hydrogen (secondary N) is 1. The van der Waals surface area contributed by atoms with E-state index in [2.05, 4.69) is 5.32 Å². The van der Waals surface area contributed by atoms with E-state index in [1.165, 1.54) is 10.7 Å². The van der Waals surface area contributed by atoms with Crippen molar-refractivity contribution >= 4 is 27.5 Å². The zero-order valence-corrected chi connectivity index (χ0v) is 25.2. The summed E-state index contributed by atoms with van der Waals surface area (Å²) in [6.45, 7) is 6.83. The molecule has 220 valence electrons. The van der Waals surface area contributed by atoms with Crippen LogP contribution in [0.5, 0.6) is 5.75 Å². The molecule has 1 saturated carbocycles. The molecule has 2 aromatic carbocycles. The van der Waals surface area contributed by atoms with Crippen LogP contribution in [0.3, 0.4) is 0 Å². The van der Waals surface area contributed by atoms with E-state index in [4.69, 9.17) is 4.74 Å². The van der Waals surface area contributed by atoms with Gasteiger partial charge in [0.15, 0.2) is 0 Å². The van der Waals surface area contributed by atoms with Gasteiger partial charge >= 0.3 is 0 Å². The van der Waals surface area contributed by atoms with E-state index >= 15 is 0 Å². The SMILES string of the molecule is CCOc1ccc(N(CCCC(=O)N(Cc2ccc(C)cc2)[C@@H](CC)C(=O)NC2CCCCC2)S(C)(=O)=O)cc1. The van der Waals surface area contributed by atoms with Crippen LogP contribution in [0.15, 0.2) is 48.5 Å². The first-order valence-electron chi connectivity index (χ1n) is 14.5. The van der Waals surface area contributed by atoms with E-state index in [1.807, 2.05) is 45.0 Å². The van der Waals surface area contributed by atoms with Gasteiger partial charge in [-0.3, -0.25) is 13.9 Å². The molecule has 0 aromatic heterocycles. The van der Waals surface area contributed by atoms with E-state index in [0.717, 1.165) is 43.1 Å². The van der Waals surface area contributed by atoms with E-state index < -0.39 is 16.1 Å². The fourth-order valence-electron chi connectivity index (χ4n) is 5.23. The summed E-state index contributed by atoms with van der Waals surface area (Å²) in [7, 11) is -3.56. The fourth-order valence-corrected chi connectivity index (χ4v) is 6.20. The molecule has 1 fully saturated rings. The van der Waals surface area contributed by atoms with Gasteiger partial charge in [-0.1, -0.05) is 56.0 Å². The molecule has 8 nitrogen and oxygen atoms in total. The van der Waals surface area contributed by atoms with Gasteiger partial charge < -0.3 is 15.0 Å². The maximum Gasteiger partial charge on any atom is 0.243 e. The zero-order chi connectivity index (χ0) is 29.1. The van der Waals surface area contributed by atoms with Crippen LogP contribution in [0.25, 0.3) is 0 Å². The number of rotatable bonds is 14. The predicted molar refractivity (Wildman–Crippen MR) is 160 cm³/mol. The van der Waals surface area contributed by atoms with Gasteiger partial charge in [0.25, 0.3) is 0 Å². The Hall–Kier alpha value is -3.07. The summed E-state index contributed by atoms with van der Waals surface area (Å²) in [5.74, 6) is 0.395. The predicted octanol–water partition coefficient (Wildman–Crippen LogP) is 5.20. The molecule has 0 unspecified atom stereocenters. The maximum atomic E-state index is 13.7. The lowest BCUT2D eigenvalue weighted by Gasteiger charge is -2.33. The van der Waals surface area contributed by atoms with Gasteiger partial charge in [-0.25, -0.2) is 8.42 Å². The first-order chi connectivity index (χ1) is 19.1. The number of benzene rings is 2. The molecule has 40 heavy (non-hydrogen) atoms. The molecule has 9 heteroatoms. The van der Waals surface area contributed by atoms with Crippen LogP contribution < -0.4 is 14.4 Å². The second-order valence-electron chi connectivity index (χ2n) is 10.6. The van der Waals surface area contributed by atoms with Gasteiger partial charge in [-0.05, 0) is 69.4 Å². The Morgan fingerprint density at radius 1 is 1.00 bits per heavy atom. The molecule has 0 aliphatic heterocycles. The molecule has 1 aliphatic rings. The first-order valence-corrected chi connectivity index (χ1v) is 16.3. The summed E-state index contributed by atoms with van der Waals surface area (Å²) in [6, 6.07) is 14.4. The summed E-state index contributed by atoms with van der Waals surface area (Å²) in [5.41, 5.74) is 2.60. The lowest BCUT2D eigenvalue weighted by atomic mass is 9.95. The molecule has 0 heterocycles. The third kappa shape index (κ3) is 9.25. The number of nitrogens with zero attached hydrogens (tertiary/aromatic N) is 2. The lowest BCUT2D eigenvalue weighted by Crippen LogP contribution is -2.51. The topological polar surface area (TPSA) is 96.0 Å². The maximum absolute atomic E-state index is 13.7. The number of aryl methyl sites for hydroxylation is 1. The van der Waals surface area contributed by atoms with Crippen molar-refractivity contribution in [1.29, 1.82) is 0 Å². The number of anilines is 1. The standard InChI is InChI=1S/C31H45N3O5S/c1-5-29(31(36)32-26-11-8-7-9-12-26)33(23-25-16-14-24(3)15-17-25)30(35)13-10-22-34(40(4,37)38)27-18-20-28(21-19-27)39-6-2/h14-21,26,29H,5-13,22-23H2,1-4H3,(H,32,36)/t29-/m0/s1. The molecule has 0 spiro atoms. The first kappa shape index (κ1) is 31.5. The van der Waals surface area contributed by atoms with Gasteiger partial charge in [0.05, 0.1) is 18.6 Å². The van der Waals surface area contributed by atoms with Crippen LogP contribution in [0.4, 0.5) is 5.69 Å². The molecular weight excluding hydrogens is 526 g/mol. The van der Waals surface area contributed by atoms with E-state index in [1.54, 1.807) is 29.2 Å². The van der Waals surface area contributed by atoms with Crippen LogP contribution in [0.2, 0.25) is 0 Å². The van der Waals surface area contributed by atoms with Gasteiger partial charge in [0.2, 0.25) is 21.8 Å². The number of carbonyl (C=O) groups excluding carboxylic acids is 2. The Morgan fingerprint density at radius 2 is 1.65 bits per heavy atom. The molecular formula is C31H45N3O5S. The number of carbonyl (C=O) groups is 2. The van der Waals surface area contributed by atoms with Crippen LogP contribution in [-0.2, 0) is 26.2 Å². The molecule has 1 aliphatic carbocycles. The van der Waals surface area contributed by atoms with Crippen molar-refractivity contribution in [3.05, 3.63) is 59.7 Å². The Labute approximate surface area is 240 Å². The van der Waals surface area contributed by atoms with Crippen molar-refractivity contribution in [3.63, 3.8) is 0 Å². The molecule has 0 saturated heterocycles. The van der Waals surface area contributed by atoms with Crippen molar-refractivity contribution in [2.24, 2.45) is 0 Å². The van der Waals surface area contributed by atoms with Crippen molar-refractivity contribution in [2.75, 3.05) is 23.7 Å².